The fourth-order valence-corrected chi connectivity index (χ4v) is 4.39. The van der Waals surface area contributed by atoms with Crippen LogP contribution in [0, 0.1) is 0 Å². The maximum atomic E-state index is 5.36. The summed E-state index contributed by atoms with van der Waals surface area (Å²) in [5.74, 6) is 4.07. The molecular formula is C20H30Cl2N2O2S2. The molecule has 2 N–H and O–H groups in total. The standard InChI is InChI=1S/C20H28N2O2S2.2ClH/c1-23-19-9-5-3-7-17(19)15-21-11-13-25-26-14-12-22-16-18-8-4-6-10-20(18)24-2;;/h3-10,21-22H,11-16H2,1-2H3;2*1H. The van der Waals surface area contributed by atoms with Crippen LogP contribution in [0.2, 0.25) is 0 Å². The predicted molar refractivity (Wildman–Crippen MR) is 129 cm³/mol. The van der Waals surface area contributed by atoms with Gasteiger partial charge < -0.3 is 20.1 Å². The average molecular weight is 466 g/mol. The van der Waals surface area contributed by atoms with Crippen LogP contribution in [0.4, 0.5) is 0 Å². The van der Waals surface area contributed by atoms with E-state index in [-0.39, 0.29) is 24.8 Å². The summed E-state index contributed by atoms with van der Waals surface area (Å²) in [6.45, 7) is 3.67. The van der Waals surface area contributed by atoms with Crippen LogP contribution in [-0.2, 0) is 13.1 Å². The van der Waals surface area contributed by atoms with E-state index in [1.807, 2.05) is 58.0 Å². The second-order valence-corrected chi connectivity index (χ2v) is 8.32. The minimum absolute atomic E-state index is 0. The fourth-order valence-electron chi connectivity index (χ4n) is 2.49. The van der Waals surface area contributed by atoms with E-state index in [9.17, 15) is 0 Å². The van der Waals surface area contributed by atoms with Crippen molar-refractivity contribution in [2.75, 3.05) is 38.8 Å². The molecule has 0 amide bonds. The number of halogens is 2. The van der Waals surface area contributed by atoms with E-state index in [1.54, 1.807) is 14.2 Å². The molecule has 28 heavy (non-hydrogen) atoms. The lowest BCUT2D eigenvalue weighted by Crippen LogP contribution is -2.17. The lowest BCUT2D eigenvalue weighted by molar-refractivity contribution is 0.408. The lowest BCUT2D eigenvalue weighted by Gasteiger charge is -2.10. The molecule has 0 atom stereocenters. The predicted octanol–water partition coefficient (Wildman–Crippen LogP) is 4.81. The van der Waals surface area contributed by atoms with E-state index in [0.29, 0.717) is 0 Å². The summed E-state index contributed by atoms with van der Waals surface area (Å²) in [4.78, 5) is 0. The van der Waals surface area contributed by atoms with E-state index in [2.05, 4.69) is 22.8 Å². The molecule has 0 spiro atoms. The van der Waals surface area contributed by atoms with Gasteiger partial charge in [0, 0.05) is 48.8 Å². The van der Waals surface area contributed by atoms with Gasteiger partial charge in [0.25, 0.3) is 0 Å². The van der Waals surface area contributed by atoms with Crippen molar-refractivity contribution in [2.45, 2.75) is 13.1 Å². The fraction of sp³-hybridized carbons (Fsp3) is 0.400. The number of methoxy groups -OCH3 is 2. The van der Waals surface area contributed by atoms with Crippen molar-refractivity contribution in [1.29, 1.82) is 0 Å². The van der Waals surface area contributed by atoms with Gasteiger partial charge in [-0.2, -0.15) is 0 Å². The second-order valence-electron chi connectivity index (χ2n) is 5.62. The molecule has 0 aliphatic carbocycles. The zero-order chi connectivity index (χ0) is 18.5. The normalized spacial score (nSPS) is 9.93. The number of para-hydroxylation sites is 2. The Morgan fingerprint density at radius 1 is 0.679 bits per heavy atom. The Hall–Kier alpha value is -0.760. The van der Waals surface area contributed by atoms with Crippen LogP contribution in [-0.4, -0.2) is 38.8 Å². The highest BCUT2D eigenvalue weighted by atomic mass is 35.5. The zero-order valence-corrected chi connectivity index (χ0v) is 19.6. The molecule has 0 unspecified atom stereocenters. The molecule has 2 aromatic rings. The lowest BCUT2D eigenvalue weighted by atomic mass is 10.2. The Kier molecular flexibility index (Phi) is 16.7. The van der Waals surface area contributed by atoms with Gasteiger partial charge in [-0.1, -0.05) is 58.0 Å². The van der Waals surface area contributed by atoms with Crippen molar-refractivity contribution in [3.05, 3.63) is 59.7 Å². The third-order valence-corrected chi connectivity index (χ3v) is 6.23. The van der Waals surface area contributed by atoms with Gasteiger partial charge in [0.05, 0.1) is 14.2 Å². The first-order chi connectivity index (χ1) is 12.8. The van der Waals surface area contributed by atoms with Gasteiger partial charge in [0.2, 0.25) is 0 Å². The average Bonchev–Trinajstić information content (AvgIpc) is 2.70. The SMILES string of the molecule is COc1ccccc1CNCCSSCCNCc1ccccc1OC.Cl.Cl. The smallest absolute Gasteiger partial charge is 0.123 e. The Morgan fingerprint density at radius 2 is 1.07 bits per heavy atom. The highest BCUT2D eigenvalue weighted by Crippen LogP contribution is 2.21. The molecule has 0 fully saturated rings. The van der Waals surface area contributed by atoms with Crippen LogP contribution in [0.15, 0.2) is 48.5 Å². The molecule has 0 aliphatic heterocycles. The van der Waals surface area contributed by atoms with Gasteiger partial charge in [-0.05, 0) is 12.1 Å². The summed E-state index contributed by atoms with van der Waals surface area (Å²) in [5.41, 5.74) is 2.40. The molecule has 0 saturated carbocycles. The highest BCUT2D eigenvalue weighted by molar-refractivity contribution is 8.76. The van der Waals surface area contributed by atoms with E-state index in [4.69, 9.17) is 9.47 Å². The van der Waals surface area contributed by atoms with Crippen LogP contribution in [0.1, 0.15) is 11.1 Å². The second kappa shape index (κ2) is 17.1. The Bertz CT molecular complexity index is 596. The number of benzene rings is 2. The number of nitrogens with one attached hydrogen (secondary N) is 2. The van der Waals surface area contributed by atoms with Gasteiger partial charge in [-0.15, -0.1) is 24.8 Å². The molecule has 0 aliphatic rings. The van der Waals surface area contributed by atoms with Gasteiger partial charge in [-0.25, -0.2) is 0 Å². The molecular weight excluding hydrogens is 435 g/mol. The van der Waals surface area contributed by atoms with E-state index in [0.717, 1.165) is 49.2 Å². The van der Waals surface area contributed by atoms with Crippen molar-refractivity contribution in [3.63, 3.8) is 0 Å². The van der Waals surface area contributed by atoms with Crippen LogP contribution in [0.3, 0.4) is 0 Å². The first kappa shape index (κ1) is 27.2. The summed E-state index contributed by atoms with van der Waals surface area (Å²) in [6.07, 6.45) is 0. The monoisotopic (exact) mass is 464 g/mol. The number of hydrogen-bond acceptors (Lipinski definition) is 6. The molecule has 158 valence electrons. The number of rotatable bonds is 13. The molecule has 0 saturated heterocycles. The topological polar surface area (TPSA) is 42.5 Å². The first-order valence-corrected chi connectivity index (χ1v) is 11.2. The third kappa shape index (κ3) is 10.1. The van der Waals surface area contributed by atoms with Crippen LogP contribution in [0.25, 0.3) is 0 Å². The summed E-state index contributed by atoms with van der Waals surface area (Å²) < 4.78 is 10.7. The summed E-state index contributed by atoms with van der Waals surface area (Å²) >= 11 is 0. The first-order valence-electron chi connectivity index (χ1n) is 8.74. The molecule has 0 aromatic heterocycles. The molecule has 2 aromatic carbocycles. The quantitative estimate of drug-likeness (QED) is 0.327. The highest BCUT2D eigenvalue weighted by Gasteiger charge is 2.01. The minimum atomic E-state index is 0. The van der Waals surface area contributed by atoms with E-state index < -0.39 is 0 Å². The molecule has 8 heteroatoms. The zero-order valence-electron chi connectivity index (χ0n) is 16.3. The third-order valence-electron chi connectivity index (χ3n) is 3.82. The molecule has 4 nitrogen and oxygen atoms in total. The van der Waals surface area contributed by atoms with Crippen molar-refractivity contribution in [2.24, 2.45) is 0 Å². The van der Waals surface area contributed by atoms with Gasteiger partial charge in [-0.3, -0.25) is 0 Å². The molecule has 2 rings (SSSR count). The minimum Gasteiger partial charge on any atom is -0.496 e. The summed E-state index contributed by atoms with van der Waals surface area (Å²) in [6, 6.07) is 16.3. The summed E-state index contributed by atoms with van der Waals surface area (Å²) in [5, 5.41) is 6.94. The largest absolute Gasteiger partial charge is 0.496 e. The Balaban J connectivity index is 0.00000364. The van der Waals surface area contributed by atoms with Gasteiger partial charge in [0.15, 0.2) is 0 Å². The Labute approximate surface area is 189 Å². The van der Waals surface area contributed by atoms with Crippen LogP contribution >= 0.6 is 46.4 Å². The summed E-state index contributed by atoms with van der Waals surface area (Å²) in [7, 11) is 7.25. The van der Waals surface area contributed by atoms with Crippen LogP contribution in [0.5, 0.6) is 11.5 Å². The van der Waals surface area contributed by atoms with Crippen molar-refractivity contribution in [3.8, 4) is 11.5 Å². The molecule has 0 heterocycles. The number of hydrogen-bond donors (Lipinski definition) is 2. The van der Waals surface area contributed by atoms with Crippen molar-refractivity contribution >= 4 is 46.4 Å². The van der Waals surface area contributed by atoms with Crippen molar-refractivity contribution < 1.29 is 9.47 Å². The van der Waals surface area contributed by atoms with Gasteiger partial charge in [0.1, 0.15) is 11.5 Å². The van der Waals surface area contributed by atoms with Crippen LogP contribution < -0.4 is 20.1 Å². The van der Waals surface area contributed by atoms with Gasteiger partial charge >= 0.3 is 0 Å². The molecule has 0 radical (unpaired) electrons. The Morgan fingerprint density at radius 3 is 1.46 bits per heavy atom. The molecule has 0 bridgehead atoms. The maximum absolute atomic E-state index is 5.36. The van der Waals surface area contributed by atoms with E-state index in [1.165, 1.54) is 11.1 Å². The van der Waals surface area contributed by atoms with E-state index >= 15 is 0 Å². The maximum Gasteiger partial charge on any atom is 0.123 e. The van der Waals surface area contributed by atoms with Crippen molar-refractivity contribution in [1.82, 2.24) is 10.6 Å². The number of ether oxygens (including phenoxy) is 2.